The average Bonchev–Trinajstić information content (AvgIpc) is 3.26. The van der Waals surface area contributed by atoms with Crippen LogP contribution in [0.2, 0.25) is 0 Å². The maximum atomic E-state index is 13.8. The molecule has 0 aliphatic heterocycles. The molecule has 1 N–H and O–H groups in total. The molecule has 2 aromatic rings. The summed E-state index contributed by atoms with van der Waals surface area (Å²) >= 11 is 0. The summed E-state index contributed by atoms with van der Waals surface area (Å²) in [7, 11) is 1.67. The van der Waals surface area contributed by atoms with Crippen molar-refractivity contribution < 1.29 is 4.39 Å². The van der Waals surface area contributed by atoms with Crippen molar-refractivity contribution >= 4 is 5.82 Å². The van der Waals surface area contributed by atoms with Gasteiger partial charge in [0.25, 0.3) is 0 Å². The first-order valence-corrected chi connectivity index (χ1v) is 6.52. The van der Waals surface area contributed by atoms with Crippen LogP contribution < -0.4 is 5.32 Å². The Morgan fingerprint density at radius 2 is 1.95 bits per heavy atom. The Labute approximate surface area is 111 Å². The number of benzene rings is 1. The first-order chi connectivity index (χ1) is 9.20. The summed E-state index contributed by atoms with van der Waals surface area (Å²) in [5.41, 5.74) is 2.67. The van der Waals surface area contributed by atoms with Gasteiger partial charge in [-0.25, -0.2) is 14.4 Å². The molecular formula is C15H16FN3. The van der Waals surface area contributed by atoms with Gasteiger partial charge in [-0.15, -0.1) is 0 Å². The minimum Gasteiger partial charge on any atom is -0.371 e. The number of hydrogen-bond acceptors (Lipinski definition) is 3. The van der Waals surface area contributed by atoms with Crippen molar-refractivity contribution in [3.05, 3.63) is 41.3 Å². The molecule has 0 saturated heterocycles. The molecule has 19 heavy (non-hydrogen) atoms. The zero-order valence-corrected chi connectivity index (χ0v) is 11.1. The van der Waals surface area contributed by atoms with Crippen molar-refractivity contribution in [2.45, 2.75) is 25.7 Å². The molecule has 0 radical (unpaired) electrons. The quantitative estimate of drug-likeness (QED) is 0.914. The fraction of sp³-hybridized carbons (Fsp3) is 0.333. The number of nitrogens with one attached hydrogen (secondary N) is 1. The molecule has 1 aromatic heterocycles. The molecule has 1 saturated carbocycles. The number of hydrogen-bond donors (Lipinski definition) is 1. The van der Waals surface area contributed by atoms with E-state index in [0.29, 0.717) is 17.4 Å². The van der Waals surface area contributed by atoms with Crippen LogP contribution in [0.4, 0.5) is 10.2 Å². The van der Waals surface area contributed by atoms with Crippen LogP contribution in [0, 0.1) is 12.7 Å². The largest absolute Gasteiger partial charge is 0.371 e. The van der Waals surface area contributed by atoms with Crippen molar-refractivity contribution in [3.63, 3.8) is 0 Å². The van der Waals surface area contributed by atoms with Crippen molar-refractivity contribution in [2.24, 2.45) is 0 Å². The summed E-state index contributed by atoms with van der Waals surface area (Å²) in [6.45, 7) is 1.67. The maximum Gasteiger partial charge on any atom is 0.186 e. The minimum atomic E-state index is -0.379. The summed E-state index contributed by atoms with van der Waals surface area (Å²) in [4.78, 5) is 8.59. The van der Waals surface area contributed by atoms with Gasteiger partial charge in [0.05, 0.1) is 5.69 Å². The van der Waals surface area contributed by atoms with Crippen molar-refractivity contribution in [3.8, 4) is 11.4 Å². The Morgan fingerprint density at radius 1 is 1.21 bits per heavy atom. The second-order valence-corrected chi connectivity index (χ2v) is 4.91. The third-order valence-electron chi connectivity index (χ3n) is 3.47. The Balaban J connectivity index is 2.14. The standard InChI is InChI=1S/C15H16FN3/c1-9-13(16)15(17-2)19-14(18-9)12-6-4-3-5-11(12)10-7-8-10/h3-6,10H,7-8H2,1-2H3,(H,17,18,19). The Hall–Kier alpha value is -1.97. The van der Waals surface area contributed by atoms with Crippen molar-refractivity contribution in [2.75, 3.05) is 12.4 Å². The number of aromatic nitrogens is 2. The van der Waals surface area contributed by atoms with Crippen molar-refractivity contribution in [1.29, 1.82) is 0 Å². The van der Waals surface area contributed by atoms with Crippen LogP contribution in [-0.4, -0.2) is 17.0 Å². The van der Waals surface area contributed by atoms with Gasteiger partial charge in [0, 0.05) is 12.6 Å². The van der Waals surface area contributed by atoms with E-state index in [1.54, 1.807) is 14.0 Å². The van der Waals surface area contributed by atoms with E-state index >= 15 is 0 Å². The molecule has 1 heterocycles. The normalized spacial score (nSPS) is 14.5. The van der Waals surface area contributed by atoms with Crippen LogP contribution in [0.25, 0.3) is 11.4 Å². The van der Waals surface area contributed by atoms with E-state index in [2.05, 4.69) is 21.4 Å². The van der Waals surface area contributed by atoms with Gasteiger partial charge < -0.3 is 5.32 Å². The molecule has 0 atom stereocenters. The van der Waals surface area contributed by atoms with E-state index in [1.807, 2.05) is 18.2 Å². The van der Waals surface area contributed by atoms with E-state index in [4.69, 9.17) is 0 Å². The van der Waals surface area contributed by atoms with Gasteiger partial charge in [0.1, 0.15) is 0 Å². The number of nitrogens with zero attached hydrogens (tertiary/aromatic N) is 2. The number of aryl methyl sites for hydroxylation is 1. The summed E-state index contributed by atoms with van der Waals surface area (Å²) in [6, 6.07) is 8.14. The van der Waals surface area contributed by atoms with Crippen LogP contribution in [-0.2, 0) is 0 Å². The van der Waals surface area contributed by atoms with E-state index in [9.17, 15) is 4.39 Å². The third kappa shape index (κ3) is 2.18. The van der Waals surface area contributed by atoms with Gasteiger partial charge in [-0.1, -0.05) is 24.3 Å². The minimum absolute atomic E-state index is 0.258. The molecule has 1 aromatic carbocycles. The SMILES string of the molecule is CNc1nc(-c2ccccc2C2CC2)nc(C)c1F. The number of anilines is 1. The second kappa shape index (κ2) is 4.61. The fourth-order valence-corrected chi connectivity index (χ4v) is 2.30. The van der Waals surface area contributed by atoms with E-state index in [1.165, 1.54) is 18.4 Å². The smallest absolute Gasteiger partial charge is 0.186 e. The molecule has 1 fully saturated rings. The molecule has 0 amide bonds. The fourth-order valence-electron chi connectivity index (χ4n) is 2.30. The lowest BCUT2D eigenvalue weighted by atomic mass is 10.0. The van der Waals surface area contributed by atoms with Gasteiger partial charge in [-0.05, 0) is 31.2 Å². The molecule has 1 aliphatic rings. The van der Waals surface area contributed by atoms with Gasteiger partial charge in [-0.2, -0.15) is 0 Å². The van der Waals surface area contributed by atoms with Crippen LogP contribution in [0.5, 0.6) is 0 Å². The van der Waals surface area contributed by atoms with E-state index in [-0.39, 0.29) is 11.6 Å². The zero-order chi connectivity index (χ0) is 13.4. The highest BCUT2D eigenvalue weighted by Crippen LogP contribution is 2.43. The number of rotatable bonds is 3. The average molecular weight is 257 g/mol. The molecular weight excluding hydrogens is 241 g/mol. The molecule has 3 nitrogen and oxygen atoms in total. The van der Waals surface area contributed by atoms with Crippen LogP contribution in [0.1, 0.15) is 30.0 Å². The first-order valence-electron chi connectivity index (χ1n) is 6.52. The molecule has 0 unspecified atom stereocenters. The van der Waals surface area contributed by atoms with E-state index in [0.717, 1.165) is 5.56 Å². The Kier molecular flexibility index (Phi) is 2.93. The van der Waals surface area contributed by atoms with Gasteiger partial charge in [0.2, 0.25) is 0 Å². The highest BCUT2D eigenvalue weighted by Gasteiger charge is 2.27. The Bertz CT molecular complexity index is 621. The van der Waals surface area contributed by atoms with Gasteiger partial charge in [0.15, 0.2) is 17.5 Å². The van der Waals surface area contributed by atoms with Crippen LogP contribution >= 0.6 is 0 Å². The van der Waals surface area contributed by atoms with E-state index < -0.39 is 0 Å². The predicted molar refractivity (Wildman–Crippen MR) is 73.7 cm³/mol. The molecule has 1 aliphatic carbocycles. The first kappa shape index (κ1) is 12.1. The Morgan fingerprint density at radius 3 is 2.63 bits per heavy atom. The van der Waals surface area contributed by atoms with Crippen molar-refractivity contribution in [1.82, 2.24) is 9.97 Å². The molecule has 3 rings (SSSR count). The van der Waals surface area contributed by atoms with Crippen LogP contribution in [0.3, 0.4) is 0 Å². The molecule has 4 heteroatoms. The lowest BCUT2D eigenvalue weighted by molar-refractivity contribution is 0.607. The molecule has 98 valence electrons. The lowest BCUT2D eigenvalue weighted by Gasteiger charge is -2.10. The summed E-state index contributed by atoms with van der Waals surface area (Å²) in [5, 5.41) is 2.78. The predicted octanol–water partition coefficient (Wildman–Crippen LogP) is 3.51. The third-order valence-corrected chi connectivity index (χ3v) is 3.47. The summed E-state index contributed by atoms with van der Waals surface area (Å²) in [6.07, 6.45) is 2.44. The van der Waals surface area contributed by atoms with Gasteiger partial charge >= 0.3 is 0 Å². The number of halogens is 1. The molecule has 0 spiro atoms. The summed E-state index contributed by atoms with van der Waals surface area (Å²) in [5.74, 6) is 1.09. The topological polar surface area (TPSA) is 37.8 Å². The highest BCUT2D eigenvalue weighted by molar-refractivity contribution is 5.63. The summed E-state index contributed by atoms with van der Waals surface area (Å²) < 4.78 is 13.8. The monoisotopic (exact) mass is 257 g/mol. The zero-order valence-electron chi connectivity index (χ0n) is 11.1. The maximum absolute atomic E-state index is 13.8. The van der Waals surface area contributed by atoms with Gasteiger partial charge in [-0.3, -0.25) is 0 Å². The molecule has 0 bridgehead atoms. The lowest BCUT2D eigenvalue weighted by Crippen LogP contribution is -2.04. The van der Waals surface area contributed by atoms with Crippen LogP contribution in [0.15, 0.2) is 24.3 Å². The highest BCUT2D eigenvalue weighted by atomic mass is 19.1. The second-order valence-electron chi connectivity index (χ2n) is 4.91.